The van der Waals surface area contributed by atoms with Crippen LogP contribution in [0, 0.1) is 22.2 Å². The molecule has 0 aromatic heterocycles. The van der Waals surface area contributed by atoms with E-state index in [1.54, 1.807) is 0 Å². The summed E-state index contributed by atoms with van der Waals surface area (Å²) in [4.78, 5) is 12.1. The van der Waals surface area contributed by atoms with Crippen LogP contribution in [0.25, 0.3) is 0 Å². The average molecular weight is 318 g/mol. The summed E-state index contributed by atoms with van der Waals surface area (Å²) in [6.07, 6.45) is 11.1. The van der Waals surface area contributed by atoms with Gasteiger partial charge in [-0.3, -0.25) is 0 Å². The minimum absolute atomic E-state index is 0.0240. The fraction of sp³-hybridized carbons (Fsp3) is 0.850. The molecule has 3 nitrogen and oxygen atoms in total. The molecular formula is C20H30O3. The molecule has 0 aromatic carbocycles. The largest absolute Gasteiger partial charge is 0.347 e. The van der Waals surface area contributed by atoms with Gasteiger partial charge in [-0.2, -0.15) is 0 Å². The summed E-state index contributed by atoms with van der Waals surface area (Å²) >= 11 is 0. The van der Waals surface area contributed by atoms with Crippen LogP contribution in [-0.2, 0) is 14.3 Å². The summed E-state index contributed by atoms with van der Waals surface area (Å²) in [6, 6.07) is 0. The van der Waals surface area contributed by atoms with Gasteiger partial charge in [-0.1, -0.05) is 32.4 Å². The highest BCUT2D eigenvalue weighted by Gasteiger charge is 2.66. The Morgan fingerprint density at radius 1 is 1.09 bits per heavy atom. The topological polar surface area (TPSA) is 35.5 Å². The number of hydrogen-bond acceptors (Lipinski definition) is 3. The van der Waals surface area contributed by atoms with E-state index in [2.05, 4.69) is 26.8 Å². The molecule has 0 unspecified atom stereocenters. The zero-order valence-electron chi connectivity index (χ0n) is 14.8. The Hall–Kier alpha value is -0.670. The van der Waals surface area contributed by atoms with E-state index in [1.165, 1.54) is 11.9 Å². The summed E-state index contributed by atoms with van der Waals surface area (Å²) in [7, 11) is 0. The SMILES string of the molecule is CC1(C)[C@@H]2CC[C@@]3(C=O)CCCC=C3[C@@]2(C)CCC12OCCO2. The molecule has 2 saturated carbocycles. The van der Waals surface area contributed by atoms with E-state index in [0.717, 1.165) is 44.9 Å². The second-order valence-corrected chi connectivity index (χ2v) is 8.96. The third-order valence-electron chi connectivity index (χ3n) is 7.78. The zero-order valence-corrected chi connectivity index (χ0v) is 14.8. The predicted molar refractivity (Wildman–Crippen MR) is 88.9 cm³/mol. The highest BCUT2D eigenvalue weighted by Crippen LogP contribution is 2.68. The first kappa shape index (κ1) is 15.8. The van der Waals surface area contributed by atoms with Crippen LogP contribution in [0.4, 0.5) is 0 Å². The van der Waals surface area contributed by atoms with E-state index in [4.69, 9.17) is 9.47 Å². The van der Waals surface area contributed by atoms with E-state index in [9.17, 15) is 4.79 Å². The molecule has 0 amide bonds. The van der Waals surface area contributed by atoms with Gasteiger partial charge < -0.3 is 14.3 Å². The van der Waals surface area contributed by atoms with Crippen molar-refractivity contribution in [2.75, 3.05) is 13.2 Å². The van der Waals surface area contributed by atoms with Crippen LogP contribution < -0.4 is 0 Å². The molecule has 1 saturated heterocycles. The van der Waals surface area contributed by atoms with E-state index in [-0.39, 0.29) is 16.2 Å². The molecule has 3 heteroatoms. The first-order valence-electron chi connectivity index (χ1n) is 9.36. The van der Waals surface area contributed by atoms with Gasteiger partial charge in [-0.05, 0) is 49.9 Å². The number of hydrogen-bond donors (Lipinski definition) is 0. The lowest BCUT2D eigenvalue weighted by Crippen LogP contribution is -2.62. The molecule has 3 atom stereocenters. The maximum Gasteiger partial charge on any atom is 0.173 e. The number of carbonyl (C=O) groups excluding carboxylic acids is 1. The van der Waals surface area contributed by atoms with Crippen molar-refractivity contribution >= 4 is 6.29 Å². The van der Waals surface area contributed by atoms with Gasteiger partial charge in [0.1, 0.15) is 6.29 Å². The molecule has 4 rings (SSSR count). The van der Waals surface area contributed by atoms with Crippen molar-refractivity contribution in [3.05, 3.63) is 11.6 Å². The van der Waals surface area contributed by atoms with E-state index in [0.29, 0.717) is 19.1 Å². The fourth-order valence-electron chi connectivity index (χ4n) is 6.60. The maximum atomic E-state index is 12.1. The van der Waals surface area contributed by atoms with E-state index in [1.807, 2.05) is 0 Å². The Bertz CT molecular complexity index is 543. The first-order valence-corrected chi connectivity index (χ1v) is 9.36. The molecule has 3 aliphatic carbocycles. The third-order valence-corrected chi connectivity index (χ3v) is 7.78. The Kier molecular flexibility index (Phi) is 3.39. The molecule has 4 aliphatic rings. The predicted octanol–water partition coefficient (Wildman–Crippen LogP) is 4.26. The van der Waals surface area contributed by atoms with Crippen molar-refractivity contribution in [1.29, 1.82) is 0 Å². The van der Waals surface area contributed by atoms with Crippen molar-refractivity contribution in [1.82, 2.24) is 0 Å². The second kappa shape index (κ2) is 4.92. The second-order valence-electron chi connectivity index (χ2n) is 8.96. The lowest BCUT2D eigenvalue weighted by Gasteiger charge is -2.63. The molecule has 23 heavy (non-hydrogen) atoms. The molecule has 1 spiro atoms. The number of rotatable bonds is 1. The highest BCUT2D eigenvalue weighted by molar-refractivity contribution is 5.67. The van der Waals surface area contributed by atoms with Crippen LogP contribution in [0.2, 0.25) is 0 Å². The zero-order chi connectivity index (χ0) is 16.3. The Labute approximate surface area is 139 Å². The quantitative estimate of drug-likeness (QED) is 0.535. The number of aldehydes is 1. The van der Waals surface area contributed by atoms with Gasteiger partial charge in [0.2, 0.25) is 0 Å². The van der Waals surface area contributed by atoms with Crippen LogP contribution in [0.15, 0.2) is 11.6 Å². The molecule has 128 valence electrons. The summed E-state index contributed by atoms with van der Waals surface area (Å²) < 4.78 is 12.3. The summed E-state index contributed by atoms with van der Waals surface area (Å²) in [5.41, 5.74) is 1.36. The monoisotopic (exact) mass is 318 g/mol. The van der Waals surface area contributed by atoms with Crippen LogP contribution >= 0.6 is 0 Å². The molecule has 3 fully saturated rings. The Balaban J connectivity index is 1.78. The first-order chi connectivity index (χ1) is 10.9. The molecule has 0 radical (unpaired) electrons. The van der Waals surface area contributed by atoms with Gasteiger partial charge in [-0.15, -0.1) is 0 Å². The number of carbonyl (C=O) groups is 1. The Morgan fingerprint density at radius 2 is 1.83 bits per heavy atom. The molecular weight excluding hydrogens is 288 g/mol. The van der Waals surface area contributed by atoms with Crippen LogP contribution in [-0.4, -0.2) is 25.3 Å². The minimum Gasteiger partial charge on any atom is -0.347 e. The number of allylic oxidation sites excluding steroid dienone is 2. The van der Waals surface area contributed by atoms with Crippen LogP contribution in [0.3, 0.4) is 0 Å². The molecule has 0 bridgehead atoms. The summed E-state index contributed by atoms with van der Waals surface area (Å²) in [6.45, 7) is 8.51. The van der Waals surface area contributed by atoms with E-state index >= 15 is 0 Å². The normalized spacial score (nSPS) is 44.3. The Morgan fingerprint density at radius 3 is 2.52 bits per heavy atom. The van der Waals surface area contributed by atoms with Crippen LogP contribution in [0.1, 0.15) is 65.7 Å². The average Bonchev–Trinajstić information content (AvgIpc) is 3.03. The van der Waals surface area contributed by atoms with Crippen LogP contribution in [0.5, 0.6) is 0 Å². The minimum atomic E-state index is -0.409. The lowest BCUT2D eigenvalue weighted by molar-refractivity contribution is -0.284. The lowest BCUT2D eigenvalue weighted by atomic mass is 9.43. The standard InChI is InChI=1S/C20H30O3/c1-17(2)15-7-9-19(14-21)8-5-4-6-16(19)18(15,3)10-11-20(17)22-12-13-23-20/h6,14-15H,4-5,7-13H2,1-3H3/t15-,18-,19+/m0/s1. The van der Waals surface area contributed by atoms with Crippen molar-refractivity contribution in [2.45, 2.75) is 71.5 Å². The molecule has 1 aliphatic heterocycles. The van der Waals surface area contributed by atoms with Gasteiger partial charge >= 0.3 is 0 Å². The van der Waals surface area contributed by atoms with Gasteiger partial charge in [-0.25, -0.2) is 0 Å². The number of fused-ring (bicyclic) bond motifs is 3. The smallest absolute Gasteiger partial charge is 0.173 e. The van der Waals surface area contributed by atoms with E-state index < -0.39 is 5.79 Å². The van der Waals surface area contributed by atoms with Crippen molar-refractivity contribution < 1.29 is 14.3 Å². The van der Waals surface area contributed by atoms with Crippen molar-refractivity contribution in [3.8, 4) is 0 Å². The molecule has 0 N–H and O–H groups in total. The van der Waals surface area contributed by atoms with Gasteiger partial charge in [0.05, 0.1) is 13.2 Å². The number of ether oxygens (including phenoxy) is 2. The molecule has 0 aromatic rings. The maximum absolute atomic E-state index is 12.1. The van der Waals surface area contributed by atoms with Gasteiger partial charge in [0, 0.05) is 17.3 Å². The van der Waals surface area contributed by atoms with Crippen molar-refractivity contribution in [2.24, 2.45) is 22.2 Å². The van der Waals surface area contributed by atoms with Crippen molar-refractivity contribution in [3.63, 3.8) is 0 Å². The third kappa shape index (κ3) is 1.87. The summed E-state index contributed by atoms with van der Waals surface area (Å²) in [5.74, 6) is 0.104. The van der Waals surface area contributed by atoms with Gasteiger partial charge in [0.25, 0.3) is 0 Å². The highest BCUT2D eigenvalue weighted by atomic mass is 16.7. The molecule has 1 heterocycles. The summed E-state index contributed by atoms with van der Waals surface area (Å²) in [5, 5.41) is 0. The fourth-order valence-corrected chi connectivity index (χ4v) is 6.60. The van der Waals surface area contributed by atoms with Gasteiger partial charge in [0.15, 0.2) is 5.79 Å².